The highest BCUT2D eigenvalue weighted by molar-refractivity contribution is 7.91. The second-order valence-electron chi connectivity index (χ2n) is 2.65. The summed E-state index contributed by atoms with van der Waals surface area (Å²) in [5.74, 6) is 0. The van der Waals surface area contributed by atoms with Gasteiger partial charge in [-0.2, -0.15) is 5.26 Å². The number of rotatable bonds is 3. The zero-order valence-electron chi connectivity index (χ0n) is 7.89. The molecule has 0 atom stereocenters. The van der Waals surface area contributed by atoms with E-state index in [2.05, 4.69) is 0 Å². The number of nitrogens with zero attached hydrogens (tertiary/aromatic N) is 2. The van der Waals surface area contributed by atoms with Gasteiger partial charge >= 0.3 is 0 Å². The molecule has 0 N–H and O–H groups in total. The van der Waals surface area contributed by atoms with Crippen LogP contribution in [0, 0.1) is 11.3 Å². The van der Waals surface area contributed by atoms with Crippen LogP contribution >= 0.6 is 11.3 Å². The largest absolute Gasteiger partial charge is 0.253 e. The van der Waals surface area contributed by atoms with Crippen LogP contribution in [0.25, 0.3) is 0 Å². The molecular weight excluding hydrogens is 220 g/mol. The van der Waals surface area contributed by atoms with E-state index in [1.807, 2.05) is 6.07 Å². The van der Waals surface area contributed by atoms with Crippen LogP contribution in [0.5, 0.6) is 0 Å². The summed E-state index contributed by atoms with van der Waals surface area (Å²) >= 11 is 1.07. The second-order valence-corrected chi connectivity index (χ2v) is 5.81. The number of nitriles is 1. The molecule has 0 bridgehead atoms. The van der Waals surface area contributed by atoms with Gasteiger partial charge in [0.25, 0.3) is 10.0 Å². The average molecular weight is 230 g/mol. The molecule has 1 aromatic rings. The highest BCUT2D eigenvalue weighted by Crippen LogP contribution is 2.24. The van der Waals surface area contributed by atoms with Crippen LogP contribution in [0.1, 0.15) is 12.5 Å². The Bertz CT molecular complexity index is 456. The summed E-state index contributed by atoms with van der Waals surface area (Å²) in [5.41, 5.74) is 0.218. The van der Waals surface area contributed by atoms with E-state index in [9.17, 15) is 8.42 Å². The molecule has 0 aliphatic rings. The lowest BCUT2D eigenvalue weighted by Crippen LogP contribution is -2.26. The Morgan fingerprint density at radius 1 is 1.64 bits per heavy atom. The Morgan fingerprint density at radius 3 is 2.79 bits per heavy atom. The Hall–Kier alpha value is -0.900. The lowest BCUT2D eigenvalue weighted by molar-refractivity contribution is 0.488. The molecule has 0 aliphatic carbocycles. The molecule has 1 heterocycles. The zero-order chi connectivity index (χ0) is 10.8. The van der Waals surface area contributed by atoms with Gasteiger partial charge in [-0.25, -0.2) is 12.7 Å². The fourth-order valence-corrected chi connectivity index (χ4v) is 3.51. The van der Waals surface area contributed by atoms with Crippen molar-refractivity contribution < 1.29 is 8.42 Å². The van der Waals surface area contributed by atoms with E-state index < -0.39 is 10.0 Å². The summed E-state index contributed by atoms with van der Waals surface area (Å²) in [4.78, 5) is 0. The lowest BCUT2D eigenvalue weighted by atomic mass is 10.4. The molecule has 0 radical (unpaired) electrons. The first-order valence-corrected chi connectivity index (χ1v) is 6.30. The Kier molecular flexibility index (Phi) is 3.26. The standard InChI is InChI=1S/C8H10N2O2S2/c1-3-10(2)14(11,12)8-7(6-9)4-5-13-8/h4-5H,3H2,1-2H3. The molecule has 0 aromatic carbocycles. The van der Waals surface area contributed by atoms with E-state index in [1.165, 1.54) is 17.4 Å². The van der Waals surface area contributed by atoms with Crippen LogP contribution in [0.2, 0.25) is 0 Å². The molecular formula is C8H10N2O2S2. The van der Waals surface area contributed by atoms with Crippen LogP contribution in [0.3, 0.4) is 0 Å². The topological polar surface area (TPSA) is 61.2 Å². The number of thiophene rings is 1. The summed E-state index contributed by atoms with van der Waals surface area (Å²) in [5, 5.41) is 10.3. The molecule has 1 aromatic heterocycles. The van der Waals surface area contributed by atoms with E-state index in [-0.39, 0.29) is 9.77 Å². The molecule has 0 spiro atoms. The van der Waals surface area contributed by atoms with Gasteiger partial charge in [-0.3, -0.25) is 0 Å². The number of hydrogen-bond acceptors (Lipinski definition) is 4. The molecule has 0 fully saturated rings. The third kappa shape index (κ3) is 1.80. The van der Waals surface area contributed by atoms with Crippen molar-refractivity contribution in [1.82, 2.24) is 4.31 Å². The van der Waals surface area contributed by atoms with Crippen LogP contribution < -0.4 is 0 Å². The molecule has 4 nitrogen and oxygen atoms in total. The van der Waals surface area contributed by atoms with Crippen molar-refractivity contribution in [1.29, 1.82) is 5.26 Å². The zero-order valence-corrected chi connectivity index (χ0v) is 9.52. The quantitative estimate of drug-likeness (QED) is 0.785. The maximum absolute atomic E-state index is 11.8. The number of hydrogen-bond donors (Lipinski definition) is 0. The van der Waals surface area contributed by atoms with Crippen LogP contribution in [-0.2, 0) is 10.0 Å². The van der Waals surface area contributed by atoms with Crippen LogP contribution in [0.4, 0.5) is 0 Å². The fraction of sp³-hybridized carbons (Fsp3) is 0.375. The normalized spacial score (nSPS) is 11.6. The van der Waals surface area contributed by atoms with Crippen LogP contribution in [0.15, 0.2) is 15.7 Å². The van der Waals surface area contributed by atoms with Gasteiger partial charge in [-0.1, -0.05) is 6.92 Å². The minimum Gasteiger partial charge on any atom is -0.206 e. The summed E-state index contributed by atoms with van der Waals surface area (Å²) in [6.07, 6.45) is 0. The third-order valence-corrected chi connectivity index (χ3v) is 5.23. The van der Waals surface area contributed by atoms with Crippen molar-refractivity contribution in [3.63, 3.8) is 0 Å². The third-order valence-electron chi connectivity index (χ3n) is 1.84. The minimum atomic E-state index is -3.46. The summed E-state index contributed by atoms with van der Waals surface area (Å²) in [6.45, 7) is 2.14. The maximum Gasteiger partial charge on any atom is 0.253 e. The fourth-order valence-electron chi connectivity index (χ4n) is 0.890. The van der Waals surface area contributed by atoms with E-state index >= 15 is 0 Å². The lowest BCUT2D eigenvalue weighted by Gasteiger charge is -2.13. The van der Waals surface area contributed by atoms with Gasteiger partial charge in [0, 0.05) is 13.6 Å². The van der Waals surface area contributed by atoms with Crippen molar-refractivity contribution >= 4 is 21.4 Å². The average Bonchev–Trinajstić information content (AvgIpc) is 2.64. The van der Waals surface area contributed by atoms with Crippen molar-refractivity contribution in [2.75, 3.05) is 13.6 Å². The molecule has 1 rings (SSSR count). The predicted octanol–water partition coefficient (Wildman–Crippen LogP) is 1.26. The monoisotopic (exact) mass is 230 g/mol. The highest BCUT2D eigenvalue weighted by Gasteiger charge is 2.24. The number of sulfonamides is 1. The van der Waals surface area contributed by atoms with Gasteiger partial charge in [-0.05, 0) is 11.4 Å². The SMILES string of the molecule is CCN(C)S(=O)(=O)c1sccc1C#N. The molecule has 0 saturated carbocycles. The van der Waals surface area contributed by atoms with E-state index in [4.69, 9.17) is 5.26 Å². The van der Waals surface area contributed by atoms with Gasteiger partial charge < -0.3 is 0 Å². The van der Waals surface area contributed by atoms with Gasteiger partial charge in [0.2, 0.25) is 0 Å². The van der Waals surface area contributed by atoms with E-state index in [1.54, 1.807) is 12.3 Å². The maximum atomic E-state index is 11.8. The molecule has 0 saturated heterocycles. The molecule has 0 unspecified atom stereocenters. The van der Waals surface area contributed by atoms with Gasteiger partial charge in [0.05, 0.1) is 5.56 Å². The highest BCUT2D eigenvalue weighted by atomic mass is 32.2. The Labute approximate surface area is 87.4 Å². The smallest absolute Gasteiger partial charge is 0.206 e. The van der Waals surface area contributed by atoms with Gasteiger partial charge in [-0.15, -0.1) is 11.3 Å². The Balaban J connectivity index is 3.25. The van der Waals surface area contributed by atoms with Crippen molar-refractivity contribution in [2.45, 2.75) is 11.1 Å². The van der Waals surface area contributed by atoms with Gasteiger partial charge in [0.15, 0.2) is 4.21 Å². The van der Waals surface area contributed by atoms with Crippen molar-refractivity contribution in [3.8, 4) is 6.07 Å². The minimum absolute atomic E-state index is 0.129. The van der Waals surface area contributed by atoms with Crippen LogP contribution in [-0.4, -0.2) is 26.3 Å². The summed E-state index contributed by atoms with van der Waals surface area (Å²) in [6, 6.07) is 3.38. The van der Waals surface area contributed by atoms with E-state index in [0.717, 1.165) is 11.3 Å². The van der Waals surface area contributed by atoms with Crippen molar-refractivity contribution in [3.05, 3.63) is 17.0 Å². The Morgan fingerprint density at radius 2 is 2.29 bits per heavy atom. The first-order valence-electron chi connectivity index (χ1n) is 3.98. The molecule has 76 valence electrons. The first kappa shape index (κ1) is 11.2. The summed E-state index contributed by atoms with van der Waals surface area (Å²) < 4.78 is 24.9. The van der Waals surface area contributed by atoms with Crippen molar-refractivity contribution in [2.24, 2.45) is 0 Å². The molecule has 6 heteroatoms. The van der Waals surface area contributed by atoms with E-state index in [0.29, 0.717) is 6.54 Å². The summed E-state index contributed by atoms with van der Waals surface area (Å²) in [7, 11) is -1.96. The molecule has 14 heavy (non-hydrogen) atoms. The molecule has 0 amide bonds. The molecule has 0 aliphatic heterocycles. The predicted molar refractivity (Wildman–Crippen MR) is 54.5 cm³/mol. The first-order chi connectivity index (χ1) is 6.54. The van der Waals surface area contributed by atoms with Gasteiger partial charge in [0.1, 0.15) is 6.07 Å². The second kappa shape index (κ2) is 4.09.